The van der Waals surface area contributed by atoms with Crippen molar-refractivity contribution < 1.29 is 19.0 Å². The van der Waals surface area contributed by atoms with Gasteiger partial charge in [0.15, 0.2) is 11.5 Å². The van der Waals surface area contributed by atoms with E-state index >= 15 is 0 Å². The van der Waals surface area contributed by atoms with E-state index in [0.717, 1.165) is 20.1 Å². The number of nitrogens with one attached hydrogen (secondary N) is 1. The van der Waals surface area contributed by atoms with E-state index in [1.165, 1.54) is 0 Å². The van der Waals surface area contributed by atoms with Gasteiger partial charge in [-0.2, -0.15) is 5.10 Å². The number of carbonyl (C=O) groups excluding carboxylic acids is 1. The van der Waals surface area contributed by atoms with Crippen molar-refractivity contribution in [3.63, 3.8) is 0 Å². The van der Waals surface area contributed by atoms with Gasteiger partial charge in [-0.3, -0.25) is 4.79 Å². The van der Waals surface area contributed by atoms with Crippen LogP contribution in [0, 0.1) is 0 Å². The predicted molar refractivity (Wildman–Crippen MR) is 141 cm³/mol. The van der Waals surface area contributed by atoms with Crippen molar-refractivity contribution in [3.05, 3.63) is 99.0 Å². The number of rotatable bonds is 11. The number of halogens is 2. The van der Waals surface area contributed by atoms with Gasteiger partial charge in [0.1, 0.15) is 19.0 Å². The predicted octanol–water partition coefficient (Wildman–Crippen LogP) is 6.52. The highest BCUT2D eigenvalue weighted by molar-refractivity contribution is 9.10. The fraction of sp³-hybridized carbons (Fsp3) is 0.154. The van der Waals surface area contributed by atoms with E-state index in [-0.39, 0.29) is 5.91 Å². The Hall–Kier alpha value is -3.10. The molecule has 0 fully saturated rings. The lowest BCUT2D eigenvalue weighted by molar-refractivity contribution is 0.0954. The topological polar surface area (TPSA) is 69.2 Å². The van der Waals surface area contributed by atoms with Gasteiger partial charge >= 0.3 is 0 Å². The average Bonchev–Trinajstić information content (AvgIpc) is 2.84. The van der Waals surface area contributed by atoms with E-state index in [4.69, 9.17) is 14.2 Å². The number of nitrogens with zero attached hydrogens (tertiary/aromatic N) is 1. The zero-order valence-corrected chi connectivity index (χ0v) is 21.8. The molecule has 3 rings (SSSR count). The van der Waals surface area contributed by atoms with Crippen molar-refractivity contribution in [2.24, 2.45) is 5.10 Å². The van der Waals surface area contributed by atoms with Crippen molar-refractivity contribution in [1.82, 2.24) is 5.43 Å². The Morgan fingerprint density at radius 1 is 0.941 bits per heavy atom. The maximum absolute atomic E-state index is 12.6. The molecule has 0 aliphatic heterocycles. The summed E-state index contributed by atoms with van der Waals surface area (Å²) in [4.78, 5) is 12.6. The molecule has 0 saturated heterocycles. The van der Waals surface area contributed by atoms with E-state index in [2.05, 4.69) is 49.0 Å². The third kappa shape index (κ3) is 7.46. The van der Waals surface area contributed by atoms with Crippen LogP contribution in [0.25, 0.3) is 0 Å². The minimum absolute atomic E-state index is 0.342. The van der Waals surface area contributed by atoms with Crippen LogP contribution < -0.4 is 19.6 Å². The molecule has 176 valence electrons. The lowest BCUT2D eigenvalue weighted by Gasteiger charge is -2.12. The lowest BCUT2D eigenvalue weighted by Crippen LogP contribution is -2.18. The summed E-state index contributed by atoms with van der Waals surface area (Å²) < 4.78 is 19.0. The van der Waals surface area contributed by atoms with Gasteiger partial charge in [-0.15, -0.1) is 0 Å². The molecule has 0 aliphatic rings. The van der Waals surface area contributed by atoms with Gasteiger partial charge in [0, 0.05) is 20.1 Å². The van der Waals surface area contributed by atoms with Crippen molar-refractivity contribution in [3.8, 4) is 17.2 Å². The SMILES string of the molecule is C=CCOc1ccc(C(=O)N/N=C/c2cc(Br)ccc2OCc2ccc(Br)cc2)cc1OCC. The molecule has 6 nitrogen and oxygen atoms in total. The van der Waals surface area contributed by atoms with Crippen LogP contribution in [0.2, 0.25) is 0 Å². The molecule has 0 unspecified atom stereocenters. The first-order valence-corrected chi connectivity index (χ1v) is 12.1. The molecule has 0 spiro atoms. The van der Waals surface area contributed by atoms with E-state index in [1.54, 1.807) is 30.5 Å². The van der Waals surface area contributed by atoms with Crippen molar-refractivity contribution in [1.29, 1.82) is 0 Å². The number of benzene rings is 3. The fourth-order valence-corrected chi connectivity index (χ4v) is 3.55. The van der Waals surface area contributed by atoms with Gasteiger partial charge in [0.2, 0.25) is 0 Å². The maximum Gasteiger partial charge on any atom is 0.271 e. The molecule has 3 aromatic rings. The number of hydrazone groups is 1. The van der Waals surface area contributed by atoms with Crippen LogP contribution in [0.15, 0.2) is 87.4 Å². The molecule has 0 heterocycles. The Morgan fingerprint density at radius 2 is 1.68 bits per heavy atom. The minimum Gasteiger partial charge on any atom is -0.490 e. The Balaban J connectivity index is 1.68. The number of hydrogen-bond donors (Lipinski definition) is 1. The summed E-state index contributed by atoms with van der Waals surface area (Å²) >= 11 is 6.89. The van der Waals surface area contributed by atoms with E-state index < -0.39 is 0 Å². The number of amides is 1. The van der Waals surface area contributed by atoms with Gasteiger partial charge in [0.05, 0.1) is 12.8 Å². The van der Waals surface area contributed by atoms with Crippen LogP contribution in [0.4, 0.5) is 0 Å². The maximum atomic E-state index is 12.6. The Morgan fingerprint density at radius 3 is 2.41 bits per heavy atom. The van der Waals surface area contributed by atoms with Crippen LogP contribution in [0.3, 0.4) is 0 Å². The number of carbonyl (C=O) groups is 1. The summed E-state index contributed by atoms with van der Waals surface area (Å²) in [6.45, 7) is 6.69. The molecular weight excluding hydrogens is 564 g/mol. The third-order valence-electron chi connectivity index (χ3n) is 4.51. The second kappa shape index (κ2) is 13.0. The first-order valence-electron chi connectivity index (χ1n) is 10.5. The third-order valence-corrected chi connectivity index (χ3v) is 5.53. The van der Waals surface area contributed by atoms with Crippen LogP contribution in [0.5, 0.6) is 17.2 Å². The summed E-state index contributed by atoms with van der Waals surface area (Å²) in [5.41, 5.74) is 4.70. The highest BCUT2D eigenvalue weighted by Gasteiger charge is 2.11. The largest absolute Gasteiger partial charge is 0.490 e. The summed E-state index contributed by atoms with van der Waals surface area (Å²) in [5.74, 6) is 1.30. The zero-order chi connectivity index (χ0) is 24.3. The molecular formula is C26H24Br2N2O4. The van der Waals surface area contributed by atoms with Crippen LogP contribution in [-0.2, 0) is 6.61 Å². The second-order valence-corrected chi connectivity index (χ2v) is 8.82. The summed E-state index contributed by atoms with van der Waals surface area (Å²) in [6.07, 6.45) is 3.19. The van der Waals surface area contributed by atoms with Crippen LogP contribution >= 0.6 is 31.9 Å². The Labute approximate surface area is 215 Å². The molecule has 0 aliphatic carbocycles. The van der Waals surface area contributed by atoms with Crippen LogP contribution in [-0.4, -0.2) is 25.3 Å². The zero-order valence-electron chi connectivity index (χ0n) is 18.6. The van der Waals surface area contributed by atoms with Gasteiger partial charge in [-0.1, -0.05) is 56.6 Å². The lowest BCUT2D eigenvalue weighted by atomic mass is 10.2. The average molecular weight is 588 g/mol. The molecule has 1 amide bonds. The standard InChI is InChI=1S/C26H24Br2N2O4/c1-3-13-33-24-11-7-19(15-25(24)32-4-2)26(31)30-29-16-20-14-22(28)10-12-23(20)34-17-18-5-8-21(27)9-6-18/h3,5-12,14-16H,1,4,13,17H2,2H3,(H,30,31)/b29-16+. The second-order valence-electron chi connectivity index (χ2n) is 6.99. The smallest absolute Gasteiger partial charge is 0.271 e. The summed E-state index contributed by atoms with van der Waals surface area (Å²) in [7, 11) is 0. The van der Waals surface area contributed by atoms with Gasteiger partial charge < -0.3 is 14.2 Å². The van der Waals surface area contributed by atoms with E-state index in [9.17, 15) is 4.79 Å². The minimum atomic E-state index is -0.375. The van der Waals surface area contributed by atoms with Gasteiger partial charge in [-0.05, 0) is 61.0 Å². The van der Waals surface area contributed by atoms with Gasteiger partial charge in [0.25, 0.3) is 5.91 Å². The number of ether oxygens (including phenoxy) is 3. The molecule has 1 N–H and O–H groups in total. The molecule has 0 aromatic heterocycles. The molecule has 34 heavy (non-hydrogen) atoms. The first kappa shape index (κ1) is 25.5. The fourth-order valence-electron chi connectivity index (χ4n) is 2.90. The highest BCUT2D eigenvalue weighted by Crippen LogP contribution is 2.28. The Kier molecular flexibility index (Phi) is 9.73. The van der Waals surface area contributed by atoms with Crippen molar-refractivity contribution in [2.75, 3.05) is 13.2 Å². The first-order chi connectivity index (χ1) is 16.5. The molecule has 8 heteroatoms. The summed E-state index contributed by atoms with van der Waals surface area (Å²) in [6, 6.07) is 18.5. The molecule has 0 bridgehead atoms. The number of hydrogen-bond acceptors (Lipinski definition) is 5. The quantitative estimate of drug-likeness (QED) is 0.158. The monoisotopic (exact) mass is 586 g/mol. The van der Waals surface area contributed by atoms with Crippen molar-refractivity contribution in [2.45, 2.75) is 13.5 Å². The Bertz CT molecular complexity index is 1160. The van der Waals surface area contributed by atoms with E-state index in [1.807, 2.05) is 49.4 Å². The molecule has 0 atom stereocenters. The normalized spacial score (nSPS) is 10.7. The van der Waals surface area contributed by atoms with E-state index in [0.29, 0.717) is 42.6 Å². The highest BCUT2D eigenvalue weighted by atomic mass is 79.9. The van der Waals surface area contributed by atoms with Gasteiger partial charge in [-0.25, -0.2) is 5.43 Å². The van der Waals surface area contributed by atoms with Crippen molar-refractivity contribution >= 4 is 44.0 Å². The summed E-state index contributed by atoms with van der Waals surface area (Å²) in [5, 5.41) is 4.12. The molecule has 0 radical (unpaired) electrons. The molecule has 0 saturated carbocycles. The van der Waals surface area contributed by atoms with Crippen LogP contribution in [0.1, 0.15) is 28.4 Å². The molecule has 3 aromatic carbocycles.